The molecule has 0 spiro atoms. The van der Waals surface area contributed by atoms with Crippen molar-refractivity contribution in [3.63, 3.8) is 0 Å². The molecule has 0 aliphatic rings. The lowest BCUT2D eigenvalue weighted by Gasteiger charge is -2.14. The molecule has 0 amide bonds. The van der Waals surface area contributed by atoms with Gasteiger partial charge in [-0.05, 0) is 42.4 Å². The van der Waals surface area contributed by atoms with Gasteiger partial charge in [-0.15, -0.1) is 0 Å². The summed E-state index contributed by atoms with van der Waals surface area (Å²) in [4.78, 5) is 4.11. The average Bonchev–Trinajstić information content (AvgIpc) is 2.62. The number of nitrogens with two attached hydrogens (primary N) is 1. The van der Waals surface area contributed by atoms with Gasteiger partial charge >= 0.3 is 0 Å². The molecule has 3 aromatic rings. The first-order valence-corrected chi connectivity index (χ1v) is 9.47. The Hall–Kier alpha value is -2.61. The molecular weight excluding hydrogens is 353 g/mol. The van der Waals surface area contributed by atoms with E-state index in [1.807, 2.05) is 19.2 Å². The maximum absolute atomic E-state index is 14.4. The molecule has 0 saturated heterocycles. The van der Waals surface area contributed by atoms with Gasteiger partial charge in [0, 0.05) is 23.9 Å². The Kier molecular flexibility index (Phi) is 5.13. The molecule has 3 N–H and O–H groups in total. The first-order valence-electron chi connectivity index (χ1n) is 7.92. The monoisotopic (exact) mass is 371 g/mol. The predicted molar refractivity (Wildman–Crippen MR) is 99.2 cm³/mol. The minimum atomic E-state index is -3.98. The van der Waals surface area contributed by atoms with Gasteiger partial charge in [0.15, 0.2) is 0 Å². The summed E-state index contributed by atoms with van der Waals surface area (Å²) in [5.41, 5.74) is 2.55. The normalized spacial score (nSPS) is 11.5. The van der Waals surface area contributed by atoms with Crippen molar-refractivity contribution >= 4 is 10.0 Å². The number of aromatic nitrogens is 1. The largest absolute Gasteiger partial charge is 0.316 e. The molecule has 3 rings (SSSR count). The minimum absolute atomic E-state index is 0.0982. The maximum atomic E-state index is 14.4. The van der Waals surface area contributed by atoms with Crippen molar-refractivity contribution in [2.24, 2.45) is 5.14 Å². The first kappa shape index (κ1) is 18.2. The van der Waals surface area contributed by atoms with E-state index in [0.717, 1.165) is 5.56 Å². The summed E-state index contributed by atoms with van der Waals surface area (Å²) in [5.74, 6) is -0.400. The van der Waals surface area contributed by atoms with Crippen molar-refractivity contribution in [1.82, 2.24) is 10.3 Å². The summed E-state index contributed by atoms with van der Waals surface area (Å²) >= 11 is 0. The number of nitrogens with one attached hydrogen (secondary N) is 1. The number of pyridine rings is 1. The number of benzene rings is 2. The van der Waals surface area contributed by atoms with E-state index < -0.39 is 15.8 Å². The summed E-state index contributed by atoms with van der Waals surface area (Å²) in [5, 5.41) is 8.39. The molecule has 5 nitrogen and oxygen atoms in total. The van der Waals surface area contributed by atoms with Crippen LogP contribution < -0.4 is 10.5 Å². The van der Waals surface area contributed by atoms with E-state index >= 15 is 0 Å². The van der Waals surface area contributed by atoms with Crippen LogP contribution >= 0.6 is 0 Å². The standard InChI is InChI=1S/C19H18FN3O2S/c1-22-12-13-8-9-15(16(11-13)14-5-2-3-6-17(14)20)19-18(26(21,24)25)7-4-10-23-19/h2-11,22H,12H2,1H3,(H2,21,24,25). The Labute approximate surface area is 151 Å². The van der Waals surface area contributed by atoms with Gasteiger partial charge < -0.3 is 5.32 Å². The Morgan fingerprint density at radius 2 is 1.81 bits per heavy atom. The highest BCUT2D eigenvalue weighted by Crippen LogP contribution is 2.35. The van der Waals surface area contributed by atoms with E-state index in [1.54, 1.807) is 24.3 Å². The summed E-state index contributed by atoms with van der Waals surface area (Å²) in [6, 6.07) is 14.7. The molecule has 0 atom stereocenters. The van der Waals surface area contributed by atoms with Gasteiger partial charge in [-0.1, -0.05) is 30.3 Å². The molecule has 2 aromatic carbocycles. The molecule has 0 saturated carbocycles. The molecule has 26 heavy (non-hydrogen) atoms. The lowest BCUT2D eigenvalue weighted by atomic mass is 9.94. The topological polar surface area (TPSA) is 85.1 Å². The smallest absolute Gasteiger partial charge is 0.240 e. The van der Waals surface area contributed by atoms with Crippen molar-refractivity contribution in [1.29, 1.82) is 0 Å². The minimum Gasteiger partial charge on any atom is -0.316 e. The SMILES string of the molecule is CNCc1ccc(-c2ncccc2S(N)(=O)=O)c(-c2ccccc2F)c1. The summed E-state index contributed by atoms with van der Waals surface area (Å²) in [6.07, 6.45) is 1.48. The molecule has 0 unspecified atom stereocenters. The molecule has 0 aliphatic heterocycles. The highest BCUT2D eigenvalue weighted by molar-refractivity contribution is 7.89. The fraction of sp³-hybridized carbons (Fsp3) is 0.105. The van der Waals surface area contributed by atoms with Gasteiger partial charge in [-0.25, -0.2) is 17.9 Å². The van der Waals surface area contributed by atoms with E-state index in [-0.39, 0.29) is 10.6 Å². The van der Waals surface area contributed by atoms with Crippen LogP contribution in [0.5, 0.6) is 0 Å². The number of rotatable bonds is 5. The number of primary sulfonamides is 1. The fourth-order valence-electron chi connectivity index (χ4n) is 2.84. The van der Waals surface area contributed by atoms with Crippen LogP contribution in [0.1, 0.15) is 5.56 Å². The van der Waals surface area contributed by atoms with Crippen molar-refractivity contribution in [2.75, 3.05) is 7.05 Å². The quantitative estimate of drug-likeness (QED) is 0.722. The molecule has 1 heterocycles. The van der Waals surface area contributed by atoms with Crippen LogP contribution in [0.3, 0.4) is 0 Å². The summed E-state index contributed by atoms with van der Waals surface area (Å²) < 4.78 is 38.4. The number of hydrogen-bond acceptors (Lipinski definition) is 4. The van der Waals surface area contributed by atoms with Crippen molar-refractivity contribution in [2.45, 2.75) is 11.4 Å². The molecule has 0 aliphatic carbocycles. The van der Waals surface area contributed by atoms with Crippen LogP contribution in [-0.4, -0.2) is 20.4 Å². The molecule has 0 fully saturated rings. The van der Waals surface area contributed by atoms with Crippen molar-refractivity contribution < 1.29 is 12.8 Å². The van der Waals surface area contributed by atoms with Crippen LogP contribution in [0, 0.1) is 5.82 Å². The van der Waals surface area contributed by atoms with Crippen molar-refractivity contribution in [3.8, 4) is 22.4 Å². The molecule has 134 valence electrons. The van der Waals surface area contributed by atoms with Crippen LogP contribution in [-0.2, 0) is 16.6 Å². The van der Waals surface area contributed by atoms with E-state index in [4.69, 9.17) is 5.14 Å². The van der Waals surface area contributed by atoms with Crippen LogP contribution in [0.4, 0.5) is 4.39 Å². The number of nitrogens with zero attached hydrogens (tertiary/aromatic N) is 1. The van der Waals surface area contributed by atoms with E-state index in [1.165, 1.54) is 24.4 Å². The van der Waals surface area contributed by atoms with E-state index in [0.29, 0.717) is 23.2 Å². The average molecular weight is 371 g/mol. The Balaban J connectivity index is 2.32. The lowest BCUT2D eigenvalue weighted by Crippen LogP contribution is -2.14. The molecule has 0 radical (unpaired) electrons. The Morgan fingerprint density at radius 1 is 1.04 bits per heavy atom. The third kappa shape index (κ3) is 3.65. The maximum Gasteiger partial charge on any atom is 0.240 e. The van der Waals surface area contributed by atoms with E-state index in [9.17, 15) is 12.8 Å². The third-order valence-electron chi connectivity index (χ3n) is 3.96. The predicted octanol–water partition coefficient (Wildman–Crippen LogP) is 2.92. The molecule has 0 bridgehead atoms. The summed E-state index contributed by atoms with van der Waals surface area (Å²) in [7, 11) is -2.17. The molecule has 7 heteroatoms. The fourth-order valence-corrected chi connectivity index (χ4v) is 3.54. The highest BCUT2D eigenvalue weighted by atomic mass is 32.2. The van der Waals surface area contributed by atoms with Crippen LogP contribution in [0.15, 0.2) is 65.7 Å². The van der Waals surface area contributed by atoms with Gasteiger partial charge in [0.05, 0.1) is 5.69 Å². The molecular formula is C19H18FN3O2S. The zero-order valence-corrected chi connectivity index (χ0v) is 14.9. The number of sulfonamides is 1. The van der Waals surface area contributed by atoms with Crippen LogP contribution in [0.2, 0.25) is 0 Å². The second-order valence-electron chi connectivity index (χ2n) is 5.79. The van der Waals surface area contributed by atoms with Gasteiger partial charge in [-0.2, -0.15) is 0 Å². The lowest BCUT2D eigenvalue weighted by molar-refractivity contribution is 0.597. The van der Waals surface area contributed by atoms with Gasteiger partial charge in [0.1, 0.15) is 10.7 Å². The Morgan fingerprint density at radius 3 is 2.50 bits per heavy atom. The summed E-state index contributed by atoms with van der Waals surface area (Å²) in [6.45, 7) is 0.589. The van der Waals surface area contributed by atoms with Crippen LogP contribution in [0.25, 0.3) is 22.4 Å². The second-order valence-corrected chi connectivity index (χ2v) is 7.32. The zero-order valence-electron chi connectivity index (χ0n) is 14.1. The van der Waals surface area contributed by atoms with Crippen molar-refractivity contribution in [3.05, 3.63) is 72.2 Å². The van der Waals surface area contributed by atoms with Gasteiger partial charge in [0.25, 0.3) is 0 Å². The number of halogens is 1. The second kappa shape index (κ2) is 7.33. The number of hydrogen-bond donors (Lipinski definition) is 2. The van der Waals surface area contributed by atoms with Gasteiger partial charge in [0.2, 0.25) is 10.0 Å². The van der Waals surface area contributed by atoms with E-state index in [2.05, 4.69) is 10.3 Å². The third-order valence-corrected chi connectivity index (χ3v) is 4.90. The van der Waals surface area contributed by atoms with Gasteiger partial charge in [-0.3, -0.25) is 4.98 Å². The molecule has 1 aromatic heterocycles. The zero-order chi connectivity index (χ0) is 18.7. The highest BCUT2D eigenvalue weighted by Gasteiger charge is 2.20. The Bertz CT molecular complexity index is 1050. The first-order chi connectivity index (χ1) is 12.4.